The van der Waals surface area contributed by atoms with E-state index in [1.54, 1.807) is 50.2 Å². The van der Waals surface area contributed by atoms with Crippen LogP contribution in [0.5, 0.6) is 0 Å². The molecule has 0 aliphatic carbocycles. The van der Waals surface area contributed by atoms with Gasteiger partial charge in [-0.3, -0.25) is 20.0 Å². The second-order valence-corrected chi connectivity index (χ2v) is 8.85. The largest absolute Gasteiger partial charge is 0.269 e. The van der Waals surface area contributed by atoms with Gasteiger partial charge in [0, 0.05) is 24.0 Å². The number of nitrogens with one attached hydrogen (secondary N) is 2. The minimum absolute atomic E-state index is 0.0138. The summed E-state index contributed by atoms with van der Waals surface area (Å²) in [5, 5.41) is 0.0138. The molecule has 1 aromatic heterocycles. The fourth-order valence-electron chi connectivity index (χ4n) is 2.73. The monoisotopic (exact) mass is 445 g/mol. The van der Waals surface area contributed by atoms with Gasteiger partial charge in [0.2, 0.25) is 5.95 Å². The van der Waals surface area contributed by atoms with Gasteiger partial charge < -0.3 is 0 Å². The normalized spacial score (nSPS) is 11.1. The van der Waals surface area contributed by atoms with E-state index in [2.05, 4.69) is 20.8 Å². The topological polar surface area (TPSA) is 104 Å². The molecule has 2 N–H and O–H groups in total. The van der Waals surface area contributed by atoms with Crippen molar-refractivity contribution in [3.8, 4) is 0 Å². The van der Waals surface area contributed by atoms with Crippen LogP contribution in [0.3, 0.4) is 0 Å². The van der Waals surface area contributed by atoms with E-state index < -0.39 is 15.9 Å². The smallest absolute Gasteiger partial charge is 0.269 e. The van der Waals surface area contributed by atoms with Gasteiger partial charge in [0.15, 0.2) is 0 Å². The molecule has 0 aliphatic rings. The Kier molecular flexibility index (Phi) is 6.23. The molecule has 1 heterocycles. The molecule has 1 amide bonds. The van der Waals surface area contributed by atoms with Gasteiger partial charge in [0.05, 0.1) is 10.7 Å². The average Bonchev–Trinajstić information content (AvgIpc) is 2.71. The van der Waals surface area contributed by atoms with Crippen molar-refractivity contribution in [2.24, 2.45) is 0 Å². The third kappa shape index (κ3) is 4.69. The van der Waals surface area contributed by atoms with E-state index in [9.17, 15) is 13.2 Å². The summed E-state index contributed by atoms with van der Waals surface area (Å²) in [4.78, 5) is 20.7. The zero-order valence-corrected chi connectivity index (χ0v) is 18.1. The van der Waals surface area contributed by atoms with Gasteiger partial charge >= 0.3 is 0 Å². The van der Waals surface area contributed by atoms with Crippen LogP contribution in [0, 0.1) is 13.8 Å². The van der Waals surface area contributed by atoms with Crippen molar-refractivity contribution in [1.82, 2.24) is 15.4 Å². The third-order valence-electron chi connectivity index (χ3n) is 4.22. The van der Waals surface area contributed by atoms with Crippen molar-refractivity contribution in [1.29, 1.82) is 0 Å². The zero-order chi connectivity index (χ0) is 21.9. The van der Waals surface area contributed by atoms with Gasteiger partial charge in [0.25, 0.3) is 15.9 Å². The van der Waals surface area contributed by atoms with E-state index in [-0.39, 0.29) is 21.4 Å². The van der Waals surface area contributed by atoms with Crippen molar-refractivity contribution >= 4 is 39.2 Å². The maximum absolute atomic E-state index is 13.1. The molecule has 30 heavy (non-hydrogen) atoms. The molecule has 10 heteroatoms. The molecule has 0 saturated carbocycles. The maximum atomic E-state index is 13.1. The molecule has 0 radical (unpaired) electrons. The van der Waals surface area contributed by atoms with Crippen molar-refractivity contribution < 1.29 is 13.2 Å². The molecule has 0 atom stereocenters. The number of sulfonamides is 1. The summed E-state index contributed by atoms with van der Waals surface area (Å²) in [5.41, 5.74) is 7.15. The molecule has 8 nitrogen and oxygen atoms in total. The fourth-order valence-corrected chi connectivity index (χ4v) is 4.43. The Morgan fingerprint density at radius 3 is 2.27 bits per heavy atom. The Hall–Kier alpha value is -3.17. The number of para-hydroxylation sites is 1. The number of benzene rings is 2. The zero-order valence-electron chi connectivity index (χ0n) is 16.5. The summed E-state index contributed by atoms with van der Waals surface area (Å²) in [6.07, 6.45) is 0. The summed E-state index contributed by atoms with van der Waals surface area (Å²) in [7, 11) is -2.56. The highest BCUT2D eigenvalue weighted by molar-refractivity contribution is 7.93. The number of carbonyl (C=O) groups excluding carboxylic acids is 1. The Morgan fingerprint density at radius 1 is 1.00 bits per heavy atom. The number of carbonyl (C=O) groups is 1. The van der Waals surface area contributed by atoms with Crippen molar-refractivity contribution in [3.63, 3.8) is 0 Å². The molecule has 3 rings (SSSR count). The molecule has 0 spiro atoms. The number of rotatable bonds is 6. The van der Waals surface area contributed by atoms with E-state index >= 15 is 0 Å². The lowest BCUT2D eigenvalue weighted by molar-refractivity contribution is 0.0962. The van der Waals surface area contributed by atoms with Crippen molar-refractivity contribution in [2.75, 3.05) is 16.8 Å². The Morgan fingerprint density at radius 2 is 1.63 bits per heavy atom. The maximum Gasteiger partial charge on any atom is 0.269 e. The van der Waals surface area contributed by atoms with Gasteiger partial charge in [-0.25, -0.2) is 18.4 Å². The van der Waals surface area contributed by atoms with Crippen LogP contribution in [-0.2, 0) is 10.0 Å². The Labute approximate surface area is 179 Å². The molecule has 0 aliphatic heterocycles. The lowest BCUT2D eigenvalue weighted by Gasteiger charge is -2.20. The highest BCUT2D eigenvalue weighted by Crippen LogP contribution is 2.28. The van der Waals surface area contributed by atoms with Gasteiger partial charge in [-0.1, -0.05) is 29.8 Å². The summed E-state index contributed by atoms with van der Waals surface area (Å²) in [5.74, 6) is -0.334. The standard InChI is InChI=1S/C20H20ClN5O3S/c1-13-11-14(2)23-20(22-13)25-24-19(27)15-9-10-17(21)18(12-15)30(28,29)26(3)16-7-5-4-6-8-16/h4-12H,1-3H3,(H,24,27)(H,22,23,25). The van der Waals surface area contributed by atoms with Crippen LogP contribution in [0.1, 0.15) is 21.7 Å². The molecule has 3 aromatic rings. The number of anilines is 2. The number of hydrazine groups is 1. The second-order valence-electron chi connectivity index (χ2n) is 6.51. The van der Waals surface area contributed by atoms with Crippen LogP contribution in [0.2, 0.25) is 5.02 Å². The molecule has 0 fully saturated rings. The van der Waals surface area contributed by atoms with Crippen LogP contribution in [0.25, 0.3) is 0 Å². The average molecular weight is 446 g/mol. The van der Waals surface area contributed by atoms with Gasteiger partial charge in [-0.15, -0.1) is 0 Å². The summed E-state index contributed by atoms with van der Waals surface area (Å²) < 4.78 is 27.2. The second kappa shape index (κ2) is 8.68. The lowest BCUT2D eigenvalue weighted by Crippen LogP contribution is -2.31. The van der Waals surface area contributed by atoms with Crippen LogP contribution in [-0.4, -0.2) is 31.3 Å². The molecule has 0 unspecified atom stereocenters. The predicted molar refractivity (Wildman–Crippen MR) is 116 cm³/mol. The minimum atomic E-state index is -3.98. The number of nitrogens with zero attached hydrogens (tertiary/aromatic N) is 3. The van der Waals surface area contributed by atoms with Crippen molar-refractivity contribution in [3.05, 3.63) is 76.6 Å². The van der Waals surface area contributed by atoms with Gasteiger partial charge in [-0.05, 0) is 50.2 Å². The van der Waals surface area contributed by atoms with Gasteiger partial charge in [-0.2, -0.15) is 0 Å². The summed E-state index contributed by atoms with van der Waals surface area (Å²) in [6.45, 7) is 3.61. The van der Waals surface area contributed by atoms with E-state index in [0.29, 0.717) is 5.69 Å². The first-order valence-corrected chi connectivity index (χ1v) is 10.7. The molecule has 2 aromatic carbocycles. The highest BCUT2D eigenvalue weighted by Gasteiger charge is 2.25. The number of hydrogen-bond acceptors (Lipinski definition) is 6. The molecule has 156 valence electrons. The fraction of sp³-hybridized carbons (Fsp3) is 0.150. The first kappa shape index (κ1) is 21.5. The summed E-state index contributed by atoms with van der Waals surface area (Å²) >= 11 is 6.15. The number of amides is 1. The predicted octanol–water partition coefficient (Wildman–Crippen LogP) is 3.33. The Balaban J connectivity index is 1.84. The van der Waals surface area contributed by atoms with E-state index in [1.165, 1.54) is 25.2 Å². The van der Waals surface area contributed by atoms with Crippen LogP contribution in [0.4, 0.5) is 11.6 Å². The molecule has 0 saturated heterocycles. The summed E-state index contributed by atoms with van der Waals surface area (Å²) in [6, 6.07) is 14.4. The number of hydrogen-bond donors (Lipinski definition) is 2. The minimum Gasteiger partial charge on any atom is -0.269 e. The highest BCUT2D eigenvalue weighted by atomic mass is 35.5. The third-order valence-corrected chi connectivity index (χ3v) is 6.49. The quantitative estimate of drug-likeness (QED) is 0.564. The van der Waals surface area contributed by atoms with E-state index in [4.69, 9.17) is 11.6 Å². The van der Waals surface area contributed by atoms with E-state index in [0.717, 1.165) is 15.7 Å². The number of aromatic nitrogens is 2. The molecular formula is C20H20ClN5O3S. The SMILES string of the molecule is Cc1cc(C)nc(NNC(=O)c2ccc(Cl)c(S(=O)(=O)N(C)c3ccccc3)c2)n1. The van der Waals surface area contributed by atoms with Crippen molar-refractivity contribution in [2.45, 2.75) is 18.7 Å². The molecule has 0 bridgehead atoms. The lowest BCUT2D eigenvalue weighted by atomic mass is 10.2. The first-order valence-electron chi connectivity index (χ1n) is 8.90. The van der Waals surface area contributed by atoms with E-state index in [1.807, 2.05) is 0 Å². The van der Waals surface area contributed by atoms with Crippen LogP contribution in [0.15, 0.2) is 59.5 Å². The van der Waals surface area contributed by atoms with Crippen LogP contribution < -0.4 is 15.2 Å². The molecular weight excluding hydrogens is 426 g/mol. The Bertz CT molecular complexity index is 1170. The number of halogens is 1. The first-order chi connectivity index (χ1) is 14.2. The van der Waals surface area contributed by atoms with Gasteiger partial charge in [0.1, 0.15) is 4.90 Å². The number of aryl methyl sites for hydroxylation is 2. The van der Waals surface area contributed by atoms with Crippen LogP contribution >= 0.6 is 11.6 Å².